The fraction of sp³-hybridized carbons (Fsp3) is 0.588. The van der Waals surface area contributed by atoms with Gasteiger partial charge in [-0.2, -0.15) is 0 Å². The number of nitrogens with zero attached hydrogens (tertiary/aromatic N) is 2. The summed E-state index contributed by atoms with van der Waals surface area (Å²) in [6.45, 7) is 6.66. The largest absolute Gasteiger partial charge is 0.375 e. The summed E-state index contributed by atoms with van der Waals surface area (Å²) in [5, 5.41) is 6.12. The highest BCUT2D eigenvalue weighted by atomic mass is 127. The van der Waals surface area contributed by atoms with Gasteiger partial charge in [0.05, 0.1) is 19.0 Å². The van der Waals surface area contributed by atoms with Crippen LogP contribution in [0.25, 0.3) is 0 Å². The molecule has 26 heavy (non-hydrogen) atoms. The zero-order chi connectivity index (χ0) is 18.5. The average molecular weight is 498 g/mol. The standard InChI is InChI=1S/C17H30N4O3S.HI/c1-4-21(5-2)25(22,23)14-12-20-17(18-3)19-11-13-24-15-16-9-7-6-8-10-16;/h6-10H,4-5,11-15H2,1-3H3,(H2,18,19,20);1H. The second-order valence-corrected chi connectivity index (χ2v) is 7.45. The third-order valence-electron chi connectivity index (χ3n) is 3.63. The van der Waals surface area contributed by atoms with Crippen molar-refractivity contribution in [3.05, 3.63) is 35.9 Å². The van der Waals surface area contributed by atoms with Gasteiger partial charge in [0.15, 0.2) is 5.96 Å². The molecule has 1 rings (SSSR count). The van der Waals surface area contributed by atoms with Crippen molar-refractivity contribution in [2.75, 3.05) is 45.6 Å². The van der Waals surface area contributed by atoms with Crippen LogP contribution in [0.5, 0.6) is 0 Å². The van der Waals surface area contributed by atoms with E-state index in [0.717, 1.165) is 5.56 Å². The van der Waals surface area contributed by atoms with E-state index in [1.165, 1.54) is 4.31 Å². The van der Waals surface area contributed by atoms with Crippen molar-refractivity contribution in [2.45, 2.75) is 20.5 Å². The Bertz CT molecular complexity index is 608. The fourth-order valence-electron chi connectivity index (χ4n) is 2.27. The first kappa shape index (κ1) is 25.1. The second kappa shape index (κ2) is 14.2. The maximum Gasteiger partial charge on any atom is 0.215 e. The van der Waals surface area contributed by atoms with Crippen LogP contribution < -0.4 is 10.6 Å². The molecule has 1 aromatic carbocycles. The van der Waals surface area contributed by atoms with Gasteiger partial charge in [0.1, 0.15) is 0 Å². The summed E-state index contributed by atoms with van der Waals surface area (Å²) < 4.78 is 31.3. The van der Waals surface area contributed by atoms with Gasteiger partial charge in [-0.1, -0.05) is 44.2 Å². The van der Waals surface area contributed by atoms with Gasteiger partial charge in [-0.15, -0.1) is 24.0 Å². The van der Waals surface area contributed by atoms with Gasteiger partial charge >= 0.3 is 0 Å². The Morgan fingerprint density at radius 2 is 1.73 bits per heavy atom. The molecular formula is C17H31IN4O3S. The van der Waals surface area contributed by atoms with Crippen LogP contribution in [-0.4, -0.2) is 64.3 Å². The van der Waals surface area contributed by atoms with E-state index in [-0.39, 0.29) is 29.7 Å². The van der Waals surface area contributed by atoms with E-state index in [1.807, 2.05) is 44.2 Å². The number of halogens is 1. The lowest BCUT2D eigenvalue weighted by Crippen LogP contribution is -2.43. The van der Waals surface area contributed by atoms with Crippen LogP contribution in [0, 0.1) is 0 Å². The molecule has 0 unspecified atom stereocenters. The molecule has 150 valence electrons. The number of guanidine groups is 1. The molecule has 9 heteroatoms. The van der Waals surface area contributed by atoms with Crippen molar-refractivity contribution in [3.8, 4) is 0 Å². The highest BCUT2D eigenvalue weighted by molar-refractivity contribution is 14.0. The first-order valence-electron chi connectivity index (χ1n) is 8.57. The third-order valence-corrected chi connectivity index (χ3v) is 5.65. The van der Waals surface area contributed by atoms with E-state index in [2.05, 4.69) is 15.6 Å². The maximum absolute atomic E-state index is 12.1. The van der Waals surface area contributed by atoms with Crippen molar-refractivity contribution < 1.29 is 13.2 Å². The number of benzene rings is 1. The highest BCUT2D eigenvalue weighted by Gasteiger charge is 2.18. The van der Waals surface area contributed by atoms with Gasteiger partial charge in [0, 0.05) is 33.2 Å². The van der Waals surface area contributed by atoms with Crippen LogP contribution in [0.15, 0.2) is 35.3 Å². The summed E-state index contributed by atoms with van der Waals surface area (Å²) in [5.74, 6) is 0.609. The molecule has 1 aromatic rings. The smallest absolute Gasteiger partial charge is 0.215 e. The molecule has 0 saturated heterocycles. The molecule has 0 heterocycles. The lowest BCUT2D eigenvalue weighted by atomic mass is 10.2. The molecule has 0 radical (unpaired) electrons. The molecule has 0 atom stereocenters. The topological polar surface area (TPSA) is 83.0 Å². The van der Waals surface area contributed by atoms with E-state index < -0.39 is 10.0 Å². The summed E-state index contributed by atoms with van der Waals surface area (Å²) in [6, 6.07) is 9.97. The van der Waals surface area contributed by atoms with Crippen LogP contribution in [0.2, 0.25) is 0 Å². The molecule has 7 nitrogen and oxygen atoms in total. The zero-order valence-electron chi connectivity index (χ0n) is 15.8. The Kier molecular flexibility index (Phi) is 13.7. The Labute approximate surface area is 174 Å². The minimum atomic E-state index is -3.22. The van der Waals surface area contributed by atoms with Crippen LogP contribution >= 0.6 is 24.0 Å². The number of aliphatic imine (C=N–C) groups is 1. The fourth-order valence-corrected chi connectivity index (χ4v) is 3.68. The Hall–Kier alpha value is -0.910. The lowest BCUT2D eigenvalue weighted by Gasteiger charge is -2.19. The third kappa shape index (κ3) is 9.70. The Morgan fingerprint density at radius 1 is 1.12 bits per heavy atom. The van der Waals surface area contributed by atoms with Gasteiger partial charge in [0.25, 0.3) is 0 Å². The molecule has 0 fully saturated rings. The van der Waals surface area contributed by atoms with Gasteiger partial charge in [0.2, 0.25) is 10.0 Å². The average Bonchev–Trinajstić information content (AvgIpc) is 2.61. The zero-order valence-corrected chi connectivity index (χ0v) is 18.9. The molecular weight excluding hydrogens is 467 g/mol. The highest BCUT2D eigenvalue weighted by Crippen LogP contribution is 2.00. The number of ether oxygens (including phenoxy) is 1. The number of sulfonamides is 1. The first-order chi connectivity index (χ1) is 12.0. The SMILES string of the molecule is CCN(CC)S(=O)(=O)CCNC(=NC)NCCOCc1ccccc1.I. The second-order valence-electron chi connectivity index (χ2n) is 5.36. The van der Waals surface area contributed by atoms with Crippen LogP contribution in [-0.2, 0) is 21.4 Å². The van der Waals surface area contributed by atoms with Gasteiger partial charge < -0.3 is 15.4 Å². The first-order valence-corrected chi connectivity index (χ1v) is 10.2. The van der Waals surface area contributed by atoms with Gasteiger partial charge in [-0.3, -0.25) is 4.99 Å². The van der Waals surface area contributed by atoms with Crippen molar-refractivity contribution in [1.29, 1.82) is 0 Å². The summed E-state index contributed by atoms with van der Waals surface area (Å²) in [4.78, 5) is 4.08. The Morgan fingerprint density at radius 3 is 2.31 bits per heavy atom. The predicted octanol–water partition coefficient (Wildman–Crippen LogP) is 1.66. The summed E-state index contributed by atoms with van der Waals surface area (Å²) in [7, 11) is -1.57. The van der Waals surface area contributed by atoms with E-state index in [0.29, 0.717) is 45.4 Å². The van der Waals surface area contributed by atoms with Crippen molar-refractivity contribution >= 4 is 40.0 Å². The summed E-state index contributed by atoms with van der Waals surface area (Å²) in [6.07, 6.45) is 0. The molecule has 0 saturated carbocycles. The van der Waals surface area contributed by atoms with Crippen molar-refractivity contribution in [3.63, 3.8) is 0 Å². The van der Waals surface area contributed by atoms with E-state index in [1.54, 1.807) is 7.05 Å². The van der Waals surface area contributed by atoms with E-state index in [4.69, 9.17) is 4.74 Å². The quantitative estimate of drug-likeness (QED) is 0.210. The van der Waals surface area contributed by atoms with Crippen LogP contribution in [0.1, 0.15) is 19.4 Å². The number of hydrogen-bond donors (Lipinski definition) is 2. The molecule has 0 aliphatic heterocycles. The summed E-state index contributed by atoms with van der Waals surface area (Å²) >= 11 is 0. The minimum absolute atomic E-state index is 0. The lowest BCUT2D eigenvalue weighted by molar-refractivity contribution is 0.125. The van der Waals surface area contributed by atoms with Crippen LogP contribution in [0.3, 0.4) is 0 Å². The van der Waals surface area contributed by atoms with E-state index >= 15 is 0 Å². The monoisotopic (exact) mass is 498 g/mol. The van der Waals surface area contributed by atoms with Crippen molar-refractivity contribution in [2.24, 2.45) is 4.99 Å². The molecule has 2 N–H and O–H groups in total. The van der Waals surface area contributed by atoms with Crippen LogP contribution in [0.4, 0.5) is 0 Å². The Balaban J connectivity index is 0.00000625. The van der Waals surface area contributed by atoms with Crippen molar-refractivity contribution in [1.82, 2.24) is 14.9 Å². The number of hydrogen-bond acceptors (Lipinski definition) is 4. The molecule has 0 aliphatic rings. The van der Waals surface area contributed by atoms with E-state index in [9.17, 15) is 8.42 Å². The van der Waals surface area contributed by atoms with Gasteiger partial charge in [-0.05, 0) is 5.56 Å². The minimum Gasteiger partial charge on any atom is -0.375 e. The maximum atomic E-state index is 12.1. The van der Waals surface area contributed by atoms with Gasteiger partial charge in [-0.25, -0.2) is 12.7 Å². The summed E-state index contributed by atoms with van der Waals surface area (Å²) in [5.41, 5.74) is 1.13. The normalized spacial score (nSPS) is 11.9. The predicted molar refractivity (Wildman–Crippen MR) is 118 cm³/mol. The number of nitrogens with one attached hydrogen (secondary N) is 2. The molecule has 0 bridgehead atoms. The molecule has 0 aromatic heterocycles. The molecule has 0 spiro atoms. The molecule has 0 aliphatic carbocycles. The number of rotatable bonds is 11. The molecule has 0 amide bonds.